The summed E-state index contributed by atoms with van der Waals surface area (Å²) in [6.07, 6.45) is 3.29. The van der Waals surface area contributed by atoms with E-state index in [0.717, 1.165) is 11.3 Å². The van der Waals surface area contributed by atoms with Crippen LogP contribution in [0.25, 0.3) is 0 Å². The van der Waals surface area contributed by atoms with Crippen LogP contribution in [0.1, 0.15) is 33.6 Å². The van der Waals surface area contributed by atoms with Crippen LogP contribution >= 0.6 is 0 Å². The van der Waals surface area contributed by atoms with Gasteiger partial charge >= 0.3 is 5.97 Å². The van der Waals surface area contributed by atoms with E-state index in [4.69, 9.17) is 4.74 Å². The third-order valence-corrected chi connectivity index (χ3v) is 3.41. The molecule has 1 aliphatic rings. The number of rotatable bonds is 7. The van der Waals surface area contributed by atoms with Crippen LogP contribution in [0.4, 0.5) is 0 Å². The largest absolute Gasteiger partial charge is 0.466 e. The third-order valence-electron chi connectivity index (χ3n) is 3.41. The first-order chi connectivity index (χ1) is 8.91. The van der Waals surface area contributed by atoms with Crippen LogP contribution in [0.15, 0.2) is 12.2 Å². The maximum atomic E-state index is 11.5. The van der Waals surface area contributed by atoms with Gasteiger partial charge in [-0.2, -0.15) is 0 Å². The molecule has 1 aliphatic heterocycles. The first-order valence-electron chi connectivity index (χ1n) is 6.61. The van der Waals surface area contributed by atoms with Crippen molar-refractivity contribution in [2.45, 2.75) is 33.6 Å². The molecule has 1 heterocycles. The predicted octanol–water partition coefficient (Wildman–Crippen LogP) is 1.53. The molecular formula is C14H21NO4. The van der Waals surface area contributed by atoms with Gasteiger partial charge in [0.15, 0.2) is 0 Å². The molecule has 5 heteroatoms. The highest BCUT2D eigenvalue weighted by Crippen LogP contribution is 2.13. The molecule has 2 amide bonds. The molecule has 0 aromatic heterocycles. The summed E-state index contributed by atoms with van der Waals surface area (Å²) < 4.78 is 5.08. The number of amides is 2. The smallest absolute Gasteiger partial charge is 0.307 e. The Morgan fingerprint density at radius 1 is 1.21 bits per heavy atom. The number of nitrogens with zero attached hydrogens (tertiary/aromatic N) is 1. The standard InChI is InChI=1S/C14H21NO4/c1-10(2)11(3)7-9-19-14(18)6-8-15-12(16)4-5-13(15)17/h4-5,10-11H,6-9H2,1-3H3. The SMILES string of the molecule is CC(C)C(C)CCOC(=O)CCN1C(=O)C=CC1=O. The monoisotopic (exact) mass is 267 g/mol. The van der Waals surface area contributed by atoms with Gasteiger partial charge in [0.25, 0.3) is 11.8 Å². The molecule has 1 unspecified atom stereocenters. The molecule has 5 nitrogen and oxygen atoms in total. The van der Waals surface area contributed by atoms with Gasteiger partial charge in [0.1, 0.15) is 0 Å². The lowest BCUT2D eigenvalue weighted by Crippen LogP contribution is -2.32. The van der Waals surface area contributed by atoms with E-state index < -0.39 is 0 Å². The Bertz CT molecular complexity index is 369. The highest BCUT2D eigenvalue weighted by atomic mass is 16.5. The van der Waals surface area contributed by atoms with Crippen molar-refractivity contribution in [3.63, 3.8) is 0 Å². The minimum atomic E-state index is -0.372. The van der Waals surface area contributed by atoms with Crippen LogP contribution in [0, 0.1) is 11.8 Å². The van der Waals surface area contributed by atoms with E-state index in [1.807, 2.05) is 0 Å². The summed E-state index contributed by atoms with van der Waals surface area (Å²) >= 11 is 0. The van der Waals surface area contributed by atoms with Crippen LogP contribution in [0.5, 0.6) is 0 Å². The van der Waals surface area contributed by atoms with Gasteiger partial charge in [-0.15, -0.1) is 0 Å². The minimum Gasteiger partial charge on any atom is -0.466 e. The Balaban J connectivity index is 2.18. The lowest BCUT2D eigenvalue weighted by Gasteiger charge is -2.16. The van der Waals surface area contributed by atoms with Crippen molar-refractivity contribution >= 4 is 17.8 Å². The van der Waals surface area contributed by atoms with Gasteiger partial charge in [-0.3, -0.25) is 19.3 Å². The van der Waals surface area contributed by atoms with Crippen LogP contribution in [-0.4, -0.2) is 35.8 Å². The molecule has 1 rings (SSSR count). The number of hydrogen-bond acceptors (Lipinski definition) is 4. The number of hydrogen-bond donors (Lipinski definition) is 0. The van der Waals surface area contributed by atoms with Crippen molar-refractivity contribution in [3.05, 3.63) is 12.2 Å². The molecule has 0 bridgehead atoms. The summed E-state index contributed by atoms with van der Waals surface area (Å²) in [5, 5.41) is 0. The lowest BCUT2D eigenvalue weighted by atomic mass is 9.95. The summed E-state index contributed by atoms with van der Waals surface area (Å²) in [5.41, 5.74) is 0. The molecule has 0 N–H and O–H groups in total. The minimum absolute atomic E-state index is 0.0508. The average molecular weight is 267 g/mol. The highest BCUT2D eigenvalue weighted by molar-refractivity contribution is 6.12. The summed E-state index contributed by atoms with van der Waals surface area (Å²) in [6.45, 7) is 6.85. The Kier molecular flexibility index (Phi) is 5.73. The Morgan fingerprint density at radius 3 is 2.32 bits per heavy atom. The second-order valence-electron chi connectivity index (χ2n) is 5.14. The first kappa shape index (κ1) is 15.4. The highest BCUT2D eigenvalue weighted by Gasteiger charge is 2.23. The van der Waals surface area contributed by atoms with Crippen molar-refractivity contribution in [2.75, 3.05) is 13.2 Å². The number of imide groups is 1. The number of carbonyl (C=O) groups excluding carboxylic acids is 3. The van der Waals surface area contributed by atoms with Gasteiger partial charge in [0.2, 0.25) is 0 Å². The normalized spacial score (nSPS) is 16.3. The second kappa shape index (κ2) is 7.07. The van der Waals surface area contributed by atoms with Crippen molar-refractivity contribution in [3.8, 4) is 0 Å². The molecule has 0 saturated heterocycles. The zero-order valence-corrected chi connectivity index (χ0v) is 11.7. The number of carbonyl (C=O) groups is 3. The number of ether oxygens (including phenoxy) is 1. The Morgan fingerprint density at radius 2 is 1.79 bits per heavy atom. The topological polar surface area (TPSA) is 63.7 Å². The van der Waals surface area contributed by atoms with Crippen molar-refractivity contribution in [1.29, 1.82) is 0 Å². The van der Waals surface area contributed by atoms with Gasteiger partial charge in [-0.25, -0.2) is 0 Å². The van der Waals surface area contributed by atoms with Crippen LogP contribution in [-0.2, 0) is 19.1 Å². The van der Waals surface area contributed by atoms with Gasteiger partial charge in [0, 0.05) is 18.7 Å². The summed E-state index contributed by atoms with van der Waals surface area (Å²) in [6, 6.07) is 0. The summed E-state index contributed by atoms with van der Waals surface area (Å²) in [5.74, 6) is -0.0516. The molecule has 0 aromatic carbocycles. The number of esters is 1. The first-order valence-corrected chi connectivity index (χ1v) is 6.61. The lowest BCUT2D eigenvalue weighted by molar-refractivity contribution is -0.145. The Labute approximate surface area is 113 Å². The van der Waals surface area contributed by atoms with E-state index in [9.17, 15) is 14.4 Å². The fourth-order valence-electron chi connectivity index (χ4n) is 1.62. The third kappa shape index (κ3) is 4.85. The molecule has 0 fully saturated rings. The van der Waals surface area contributed by atoms with Crippen molar-refractivity contribution in [1.82, 2.24) is 4.90 Å². The van der Waals surface area contributed by atoms with Gasteiger partial charge in [-0.05, 0) is 18.3 Å². The zero-order chi connectivity index (χ0) is 14.4. The quantitative estimate of drug-likeness (QED) is 0.518. The molecular weight excluding hydrogens is 246 g/mol. The van der Waals surface area contributed by atoms with Crippen molar-refractivity contribution < 1.29 is 19.1 Å². The Hall–Kier alpha value is -1.65. The molecule has 106 valence electrons. The van der Waals surface area contributed by atoms with E-state index in [1.54, 1.807) is 0 Å². The predicted molar refractivity (Wildman–Crippen MR) is 70.1 cm³/mol. The van der Waals surface area contributed by atoms with E-state index in [-0.39, 0.29) is 30.7 Å². The molecule has 0 radical (unpaired) electrons. The molecule has 0 aliphatic carbocycles. The average Bonchev–Trinajstić information content (AvgIpc) is 2.66. The van der Waals surface area contributed by atoms with E-state index in [1.165, 1.54) is 12.2 Å². The summed E-state index contributed by atoms with van der Waals surface area (Å²) in [4.78, 5) is 35.0. The van der Waals surface area contributed by atoms with Gasteiger partial charge in [0.05, 0.1) is 13.0 Å². The molecule has 0 saturated carbocycles. The van der Waals surface area contributed by atoms with Gasteiger partial charge in [-0.1, -0.05) is 20.8 Å². The fourth-order valence-corrected chi connectivity index (χ4v) is 1.62. The van der Waals surface area contributed by atoms with E-state index >= 15 is 0 Å². The van der Waals surface area contributed by atoms with Crippen molar-refractivity contribution in [2.24, 2.45) is 11.8 Å². The maximum Gasteiger partial charge on any atom is 0.307 e. The zero-order valence-electron chi connectivity index (χ0n) is 11.7. The summed E-state index contributed by atoms with van der Waals surface area (Å²) in [7, 11) is 0. The second-order valence-corrected chi connectivity index (χ2v) is 5.14. The van der Waals surface area contributed by atoms with E-state index in [0.29, 0.717) is 18.4 Å². The van der Waals surface area contributed by atoms with E-state index in [2.05, 4.69) is 20.8 Å². The molecule has 0 aromatic rings. The fraction of sp³-hybridized carbons (Fsp3) is 0.643. The van der Waals surface area contributed by atoms with Crippen LogP contribution in [0.2, 0.25) is 0 Å². The van der Waals surface area contributed by atoms with Gasteiger partial charge < -0.3 is 4.74 Å². The molecule has 0 spiro atoms. The maximum absolute atomic E-state index is 11.5. The van der Waals surface area contributed by atoms with Crippen LogP contribution < -0.4 is 0 Å². The molecule has 19 heavy (non-hydrogen) atoms. The van der Waals surface area contributed by atoms with Crippen LogP contribution in [0.3, 0.4) is 0 Å². The molecule has 1 atom stereocenters.